The van der Waals surface area contributed by atoms with Crippen molar-refractivity contribution in [1.29, 1.82) is 0 Å². The van der Waals surface area contributed by atoms with Gasteiger partial charge in [0.2, 0.25) is 0 Å². The number of nitrogens with two attached hydrogens (primary N) is 1. The molecule has 2 rings (SSSR count). The van der Waals surface area contributed by atoms with E-state index in [9.17, 15) is 4.79 Å². The van der Waals surface area contributed by atoms with Gasteiger partial charge in [0.05, 0.1) is 11.3 Å². The second kappa shape index (κ2) is 5.44. The van der Waals surface area contributed by atoms with Gasteiger partial charge in [-0.05, 0) is 36.8 Å². The molecule has 4 nitrogen and oxygen atoms in total. The quantitative estimate of drug-likeness (QED) is 0.739. The molecule has 0 atom stereocenters. The fourth-order valence-corrected chi connectivity index (χ4v) is 1.85. The summed E-state index contributed by atoms with van der Waals surface area (Å²) in [6.45, 7) is 2.01. The molecule has 19 heavy (non-hydrogen) atoms. The van der Waals surface area contributed by atoms with Crippen LogP contribution in [0.3, 0.4) is 0 Å². The molecule has 0 bridgehead atoms. The highest BCUT2D eigenvalue weighted by Crippen LogP contribution is 2.25. The van der Waals surface area contributed by atoms with E-state index in [1.807, 2.05) is 37.3 Å². The van der Waals surface area contributed by atoms with Crippen molar-refractivity contribution in [3.63, 3.8) is 0 Å². The zero-order valence-corrected chi connectivity index (χ0v) is 11.0. The molecule has 0 radical (unpaired) electrons. The number of anilines is 3. The first-order valence-corrected chi connectivity index (χ1v) is 6.06. The monoisotopic (exact) mass is 255 g/mol. The minimum absolute atomic E-state index is 0.164. The van der Waals surface area contributed by atoms with Gasteiger partial charge in [0.1, 0.15) is 0 Å². The summed E-state index contributed by atoms with van der Waals surface area (Å²) >= 11 is 0. The Morgan fingerprint density at radius 3 is 2.53 bits per heavy atom. The maximum atomic E-state index is 11.9. The Hall–Kier alpha value is -2.49. The van der Waals surface area contributed by atoms with Gasteiger partial charge in [-0.2, -0.15) is 0 Å². The van der Waals surface area contributed by atoms with E-state index in [0.29, 0.717) is 11.3 Å². The molecule has 0 heterocycles. The average molecular weight is 255 g/mol. The Morgan fingerprint density at radius 1 is 1.11 bits per heavy atom. The molecule has 2 aromatic rings. The predicted molar refractivity (Wildman–Crippen MR) is 78.7 cm³/mol. The van der Waals surface area contributed by atoms with E-state index in [-0.39, 0.29) is 5.91 Å². The number of para-hydroxylation sites is 1. The van der Waals surface area contributed by atoms with Crippen LogP contribution >= 0.6 is 0 Å². The first-order valence-electron chi connectivity index (χ1n) is 6.06. The highest BCUT2D eigenvalue weighted by Gasteiger charge is 2.11. The molecule has 4 heteroatoms. The lowest BCUT2D eigenvalue weighted by atomic mass is 10.1. The summed E-state index contributed by atoms with van der Waals surface area (Å²) in [5.41, 5.74) is 9.65. The number of nitrogens with one attached hydrogen (secondary N) is 2. The molecule has 0 aliphatic heterocycles. The van der Waals surface area contributed by atoms with Gasteiger partial charge < -0.3 is 16.4 Å². The molecular weight excluding hydrogens is 238 g/mol. The Kier molecular flexibility index (Phi) is 3.71. The molecule has 4 N–H and O–H groups in total. The third-order valence-corrected chi connectivity index (χ3v) is 2.93. The van der Waals surface area contributed by atoms with E-state index in [0.717, 1.165) is 16.9 Å². The molecule has 98 valence electrons. The van der Waals surface area contributed by atoms with Crippen LogP contribution in [0.25, 0.3) is 0 Å². The maximum Gasteiger partial charge on any atom is 0.253 e. The van der Waals surface area contributed by atoms with E-state index in [4.69, 9.17) is 5.73 Å². The van der Waals surface area contributed by atoms with Crippen LogP contribution < -0.4 is 16.4 Å². The van der Waals surface area contributed by atoms with Crippen molar-refractivity contribution in [2.45, 2.75) is 6.92 Å². The summed E-state index contributed by atoms with van der Waals surface area (Å²) in [5, 5.41) is 5.88. The van der Waals surface area contributed by atoms with Crippen LogP contribution in [0, 0.1) is 6.92 Å². The third-order valence-electron chi connectivity index (χ3n) is 2.93. The Labute approximate surface area is 112 Å². The fourth-order valence-electron chi connectivity index (χ4n) is 1.85. The Morgan fingerprint density at radius 2 is 1.84 bits per heavy atom. The van der Waals surface area contributed by atoms with Crippen molar-refractivity contribution in [3.8, 4) is 0 Å². The summed E-state index contributed by atoms with van der Waals surface area (Å²) in [6, 6.07) is 13.2. The van der Waals surface area contributed by atoms with Crippen LogP contribution in [-0.2, 0) is 0 Å². The SMILES string of the molecule is CNC(=O)c1cc(N)ccc1Nc1ccccc1C. The first-order chi connectivity index (χ1) is 9.11. The lowest BCUT2D eigenvalue weighted by Gasteiger charge is -2.13. The largest absolute Gasteiger partial charge is 0.399 e. The number of nitrogen functional groups attached to an aromatic ring is 1. The average Bonchev–Trinajstić information content (AvgIpc) is 2.42. The standard InChI is InChI=1S/C15H17N3O/c1-10-5-3-4-6-13(10)18-14-8-7-11(16)9-12(14)15(19)17-2/h3-9,18H,16H2,1-2H3,(H,17,19). The van der Waals surface area contributed by atoms with Crippen molar-refractivity contribution < 1.29 is 4.79 Å². The van der Waals surface area contributed by atoms with Crippen LogP contribution in [0.2, 0.25) is 0 Å². The Balaban J connectivity index is 2.40. The van der Waals surface area contributed by atoms with Crippen LogP contribution in [0.5, 0.6) is 0 Å². The molecule has 0 spiro atoms. The smallest absolute Gasteiger partial charge is 0.253 e. The van der Waals surface area contributed by atoms with Crippen molar-refractivity contribution in [2.24, 2.45) is 0 Å². The molecule has 0 unspecified atom stereocenters. The van der Waals surface area contributed by atoms with E-state index in [1.54, 1.807) is 19.2 Å². The minimum Gasteiger partial charge on any atom is -0.399 e. The van der Waals surface area contributed by atoms with E-state index >= 15 is 0 Å². The summed E-state index contributed by atoms with van der Waals surface area (Å²) in [4.78, 5) is 11.9. The van der Waals surface area contributed by atoms with Crippen molar-refractivity contribution in [2.75, 3.05) is 18.1 Å². The normalized spacial score (nSPS) is 10.0. The molecule has 0 saturated heterocycles. The second-order valence-electron chi connectivity index (χ2n) is 4.32. The van der Waals surface area contributed by atoms with E-state index in [1.165, 1.54) is 0 Å². The molecule has 0 aromatic heterocycles. The number of benzene rings is 2. The number of carbonyl (C=O) groups excluding carboxylic acids is 1. The number of carbonyl (C=O) groups is 1. The summed E-state index contributed by atoms with van der Waals surface area (Å²) in [5.74, 6) is -0.164. The van der Waals surface area contributed by atoms with Crippen molar-refractivity contribution >= 4 is 23.0 Å². The van der Waals surface area contributed by atoms with E-state index in [2.05, 4.69) is 10.6 Å². The molecular formula is C15H17N3O. The van der Waals surface area contributed by atoms with Crippen LogP contribution in [0.1, 0.15) is 15.9 Å². The number of rotatable bonds is 3. The van der Waals surface area contributed by atoms with Crippen molar-refractivity contribution in [3.05, 3.63) is 53.6 Å². The number of amides is 1. The van der Waals surface area contributed by atoms with Gasteiger partial charge in [0.15, 0.2) is 0 Å². The summed E-state index contributed by atoms with van der Waals surface area (Å²) < 4.78 is 0. The van der Waals surface area contributed by atoms with Gasteiger partial charge in [-0.25, -0.2) is 0 Å². The van der Waals surface area contributed by atoms with Gasteiger partial charge in [-0.1, -0.05) is 18.2 Å². The van der Waals surface area contributed by atoms with Gasteiger partial charge in [0.25, 0.3) is 5.91 Å². The number of hydrogen-bond donors (Lipinski definition) is 3. The molecule has 0 fully saturated rings. The minimum atomic E-state index is -0.164. The summed E-state index contributed by atoms with van der Waals surface area (Å²) in [7, 11) is 1.60. The maximum absolute atomic E-state index is 11.9. The molecule has 2 aromatic carbocycles. The highest BCUT2D eigenvalue weighted by atomic mass is 16.1. The van der Waals surface area contributed by atoms with Crippen LogP contribution in [-0.4, -0.2) is 13.0 Å². The lowest BCUT2D eigenvalue weighted by molar-refractivity contribution is 0.0964. The molecule has 0 saturated carbocycles. The molecule has 1 amide bonds. The van der Waals surface area contributed by atoms with Gasteiger partial charge in [-0.15, -0.1) is 0 Å². The molecule has 0 aliphatic carbocycles. The fraction of sp³-hybridized carbons (Fsp3) is 0.133. The molecule has 0 aliphatic rings. The van der Waals surface area contributed by atoms with Gasteiger partial charge in [0, 0.05) is 18.4 Å². The number of hydrogen-bond acceptors (Lipinski definition) is 3. The highest BCUT2D eigenvalue weighted by molar-refractivity contribution is 6.01. The van der Waals surface area contributed by atoms with E-state index < -0.39 is 0 Å². The van der Waals surface area contributed by atoms with Gasteiger partial charge in [-0.3, -0.25) is 4.79 Å². The van der Waals surface area contributed by atoms with Gasteiger partial charge >= 0.3 is 0 Å². The second-order valence-corrected chi connectivity index (χ2v) is 4.32. The van der Waals surface area contributed by atoms with Crippen LogP contribution in [0.4, 0.5) is 17.1 Å². The Bertz CT molecular complexity index is 608. The first kappa shape index (κ1) is 13.0. The van der Waals surface area contributed by atoms with Crippen LogP contribution in [0.15, 0.2) is 42.5 Å². The lowest BCUT2D eigenvalue weighted by Crippen LogP contribution is -2.19. The predicted octanol–water partition coefficient (Wildman–Crippen LogP) is 2.68. The zero-order valence-electron chi connectivity index (χ0n) is 11.0. The zero-order chi connectivity index (χ0) is 13.8. The summed E-state index contributed by atoms with van der Waals surface area (Å²) in [6.07, 6.45) is 0. The van der Waals surface area contributed by atoms with Crippen molar-refractivity contribution in [1.82, 2.24) is 5.32 Å². The number of aryl methyl sites for hydroxylation is 1. The topological polar surface area (TPSA) is 67.2 Å². The third kappa shape index (κ3) is 2.85.